The largest absolute Gasteiger partial charge is 0.394 e. The minimum Gasteiger partial charge on any atom is -0.394 e. The predicted molar refractivity (Wildman–Crippen MR) is 73.4 cm³/mol. The normalized spacial score (nSPS) is 39.8. The summed E-state index contributed by atoms with van der Waals surface area (Å²) in [5.74, 6) is 0.641. The molecule has 0 radical (unpaired) electrons. The quantitative estimate of drug-likeness (QED) is 0.717. The van der Waals surface area contributed by atoms with E-state index in [1.165, 1.54) is 44.9 Å². The summed E-state index contributed by atoms with van der Waals surface area (Å²) < 4.78 is 6.11. The van der Waals surface area contributed by atoms with Gasteiger partial charge >= 0.3 is 0 Å². The number of rotatable bonds is 6. The van der Waals surface area contributed by atoms with Crippen LogP contribution in [-0.4, -0.2) is 29.6 Å². The first kappa shape index (κ1) is 14.3. The van der Waals surface area contributed by atoms with Gasteiger partial charge in [0, 0.05) is 5.92 Å². The molecule has 0 bridgehead atoms. The van der Waals surface area contributed by atoms with Crippen molar-refractivity contribution in [3.63, 3.8) is 0 Å². The monoisotopic (exact) mass is 255 g/mol. The topological polar surface area (TPSA) is 41.5 Å². The van der Waals surface area contributed by atoms with E-state index < -0.39 is 0 Å². The molecule has 1 spiro atoms. The smallest absolute Gasteiger partial charge is 0.122 e. The molecular formula is C15H29NO2. The van der Waals surface area contributed by atoms with Gasteiger partial charge in [-0.1, -0.05) is 32.6 Å². The fourth-order valence-electron chi connectivity index (χ4n) is 3.55. The Morgan fingerprint density at radius 3 is 2.83 bits per heavy atom. The van der Waals surface area contributed by atoms with Crippen molar-refractivity contribution in [2.45, 2.75) is 76.5 Å². The average Bonchev–Trinajstić information content (AvgIpc) is 2.91. The van der Waals surface area contributed by atoms with Gasteiger partial charge in [0.1, 0.15) is 5.72 Å². The van der Waals surface area contributed by atoms with Crippen molar-refractivity contribution < 1.29 is 9.84 Å². The molecule has 2 N–H and O–H groups in total. The minimum absolute atomic E-state index is 0.121. The molecule has 1 heterocycles. The summed E-state index contributed by atoms with van der Waals surface area (Å²) in [5.41, 5.74) is -0.351. The van der Waals surface area contributed by atoms with Gasteiger partial charge in [-0.2, -0.15) is 0 Å². The van der Waals surface area contributed by atoms with E-state index in [1.807, 2.05) is 0 Å². The molecule has 1 aliphatic heterocycles. The second-order valence-electron chi connectivity index (χ2n) is 6.46. The summed E-state index contributed by atoms with van der Waals surface area (Å²) in [6.45, 7) is 5.13. The van der Waals surface area contributed by atoms with E-state index >= 15 is 0 Å². The Kier molecular flexibility index (Phi) is 4.68. The molecule has 18 heavy (non-hydrogen) atoms. The molecule has 0 aromatic heterocycles. The summed E-state index contributed by atoms with van der Waals surface area (Å²) in [5, 5.41) is 13.1. The van der Waals surface area contributed by atoms with Crippen LogP contribution < -0.4 is 5.32 Å². The van der Waals surface area contributed by atoms with Gasteiger partial charge in [-0.3, -0.25) is 5.32 Å². The van der Waals surface area contributed by atoms with Crippen molar-refractivity contribution in [3.8, 4) is 0 Å². The van der Waals surface area contributed by atoms with Crippen molar-refractivity contribution in [1.82, 2.24) is 5.32 Å². The van der Waals surface area contributed by atoms with Crippen LogP contribution in [0, 0.1) is 5.92 Å². The van der Waals surface area contributed by atoms with Crippen LogP contribution in [0.4, 0.5) is 0 Å². The molecule has 2 aliphatic rings. The molecule has 3 heteroatoms. The van der Waals surface area contributed by atoms with Gasteiger partial charge in [-0.05, 0) is 32.6 Å². The average molecular weight is 255 g/mol. The lowest BCUT2D eigenvalue weighted by atomic mass is 9.92. The number of hydrogen-bond donors (Lipinski definition) is 2. The first-order chi connectivity index (χ1) is 8.64. The SMILES string of the molecule is CCCCCCC1CCCC12NC(C)(CO)CO2. The van der Waals surface area contributed by atoms with Crippen LogP contribution >= 0.6 is 0 Å². The molecule has 2 rings (SSSR count). The van der Waals surface area contributed by atoms with Crippen molar-refractivity contribution in [2.24, 2.45) is 5.92 Å². The van der Waals surface area contributed by atoms with Crippen molar-refractivity contribution in [1.29, 1.82) is 0 Å². The van der Waals surface area contributed by atoms with Crippen LogP contribution in [0.5, 0.6) is 0 Å². The number of aliphatic hydroxyl groups excluding tert-OH is 1. The maximum Gasteiger partial charge on any atom is 0.122 e. The molecule has 3 atom stereocenters. The summed E-state index contributed by atoms with van der Waals surface area (Å²) in [4.78, 5) is 0. The highest BCUT2D eigenvalue weighted by Gasteiger charge is 2.52. The van der Waals surface area contributed by atoms with Crippen LogP contribution in [0.25, 0.3) is 0 Å². The summed E-state index contributed by atoms with van der Waals surface area (Å²) in [7, 11) is 0. The van der Waals surface area contributed by atoms with Crippen molar-refractivity contribution in [3.05, 3.63) is 0 Å². The lowest BCUT2D eigenvalue weighted by Gasteiger charge is -2.33. The fraction of sp³-hybridized carbons (Fsp3) is 1.00. The predicted octanol–water partition coefficient (Wildman–Crippen LogP) is 2.82. The van der Waals surface area contributed by atoms with Crippen LogP contribution in [-0.2, 0) is 4.74 Å². The zero-order chi connectivity index (χ0) is 13.1. The number of aliphatic hydroxyl groups is 1. The molecule has 1 aliphatic carbocycles. The minimum atomic E-state index is -0.230. The third kappa shape index (κ3) is 2.89. The van der Waals surface area contributed by atoms with E-state index in [-0.39, 0.29) is 17.9 Å². The molecule has 1 saturated carbocycles. The van der Waals surface area contributed by atoms with Gasteiger partial charge in [0.05, 0.1) is 18.8 Å². The Morgan fingerprint density at radius 2 is 2.17 bits per heavy atom. The first-order valence-corrected chi connectivity index (χ1v) is 7.68. The summed E-state index contributed by atoms with van der Waals surface area (Å²) in [6, 6.07) is 0. The lowest BCUT2D eigenvalue weighted by molar-refractivity contribution is -0.0437. The molecule has 0 amide bonds. The summed E-state index contributed by atoms with van der Waals surface area (Å²) in [6.07, 6.45) is 10.2. The van der Waals surface area contributed by atoms with Crippen LogP contribution in [0.3, 0.4) is 0 Å². The fourth-order valence-corrected chi connectivity index (χ4v) is 3.55. The molecule has 0 aromatic carbocycles. The van der Waals surface area contributed by atoms with E-state index in [0.29, 0.717) is 12.5 Å². The Balaban J connectivity index is 1.87. The third-order valence-electron chi connectivity index (χ3n) is 4.68. The molecule has 1 saturated heterocycles. The van der Waals surface area contributed by atoms with Gasteiger partial charge in [-0.15, -0.1) is 0 Å². The highest BCUT2D eigenvalue weighted by molar-refractivity contribution is 5.03. The third-order valence-corrected chi connectivity index (χ3v) is 4.68. The molecule has 2 fully saturated rings. The number of ether oxygens (including phenoxy) is 1. The van der Waals surface area contributed by atoms with E-state index in [2.05, 4.69) is 19.2 Å². The van der Waals surface area contributed by atoms with Crippen molar-refractivity contribution in [2.75, 3.05) is 13.2 Å². The van der Waals surface area contributed by atoms with E-state index in [0.717, 1.165) is 6.42 Å². The van der Waals surface area contributed by atoms with Crippen LogP contribution in [0.2, 0.25) is 0 Å². The molecule has 106 valence electrons. The van der Waals surface area contributed by atoms with Gasteiger partial charge in [0.2, 0.25) is 0 Å². The van der Waals surface area contributed by atoms with Crippen LogP contribution in [0.15, 0.2) is 0 Å². The van der Waals surface area contributed by atoms with Gasteiger partial charge < -0.3 is 9.84 Å². The summed E-state index contributed by atoms with van der Waals surface area (Å²) >= 11 is 0. The number of hydrogen-bond acceptors (Lipinski definition) is 3. The molecule has 3 unspecified atom stereocenters. The molecule has 0 aromatic rings. The Labute approximate surface area is 111 Å². The molecular weight excluding hydrogens is 226 g/mol. The molecule has 3 nitrogen and oxygen atoms in total. The highest BCUT2D eigenvalue weighted by atomic mass is 16.5. The second kappa shape index (κ2) is 5.89. The van der Waals surface area contributed by atoms with Crippen molar-refractivity contribution >= 4 is 0 Å². The van der Waals surface area contributed by atoms with E-state index in [1.54, 1.807) is 0 Å². The Hall–Kier alpha value is -0.120. The standard InChI is InChI=1S/C15H29NO2/c1-3-4-5-6-8-13-9-7-10-15(13)16-14(2,11-17)12-18-15/h13,16-17H,3-12H2,1-2H3. The zero-order valence-corrected chi connectivity index (χ0v) is 12.0. The van der Waals surface area contributed by atoms with Gasteiger partial charge in [0.25, 0.3) is 0 Å². The maximum atomic E-state index is 9.46. The number of unbranched alkanes of at least 4 members (excludes halogenated alkanes) is 3. The highest BCUT2D eigenvalue weighted by Crippen LogP contribution is 2.44. The van der Waals surface area contributed by atoms with Gasteiger partial charge in [0.15, 0.2) is 0 Å². The Bertz CT molecular complexity index is 271. The lowest BCUT2D eigenvalue weighted by Crippen LogP contribution is -2.53. The van der Waals surface area contributed by atoms with E-state index in [9.17, 15) is 5.11 Å². The number of nitrogens with one attached hydrogen (secondary N) is 1. The second-order valence-corrected chi connectivity index (χ2v) is 6.46. The first-order valence-electron chi connectivity index (χ1n) is 7.68. The Morgan fingerprint density at radius 1 is 1.33 bits per heavy atom. The maximum absolute atomic E-state index is 9.46. The van der Waals surface area contributed by atoms with E-state index in [4.69, 9.17) is 4.74 Å². The zero-order valence-electron chi connectivity index (χ0n) is 12.0. The van der Waals surface area contributed by atoms with Gasteiger partial charge in [-0.25, -0.2) is 0 Å². The van der Waals surface area contributed by atoms with Crippen LogP contribution in [0.1, 0.15) is 65.2 Å².